The van der Waals surface area contributed by atoms with Crippen LogP contribution in [0, 0.1) is 0 Å². The van der Waals surface area contributed by atoms with Crippen LogP contribution in [0.5, 0.6) is 5.75 Å². The number of nitrogens with two attached hydrogens (primary N) is 1. The van der Waals surface area contributed by atoms with E-state index in [0.29, 0.717) is 10.8 Å². The van der Waals surface area contributed by atoms with E-state index in [4.69, 9.17) is 22.1 Å². The molecule has 0 spiro atoms. The SMILES string of the molecule is COc1cc(C(N)c2cc(Br)cc(Br)c2)ccc1Cl. The van der Waals surface area contributed by atoms with Crippen LogP contribution >= 0.6 is 43.5 Å². The van der Waals surface area contributed by atoms with Crippen molar-refractivity contribution in [2.75, 3.05) is 7.11 Å². The normalized spacial score (nSPS) is 12.3. The molecule has 0 fully saturated rings. The molecule has 0 amide bonds. The van der Waals surface area contributed by atoms with Gasteiger partial charge in [-0.15, -0.1) is 0 Å². The first-order valence-electron chi connectivity index (χ1n) is 5.56. The van der Waals surface area contributed by atoms with E-state index in [1.165, 1.54) is 0 Å². The first-order valence-corrected chi connectivity index (χ1v) is 7.52. The lowest BCUT2D eigenvalue weighted by Crippen LogP contribution is -2.12. The summed E-state index contributed by atoms with van der Waals surface area (Å²) < 4.78 is 7.17. The Labute approximate surface area is 134 Å². The van der Waals surface area contributed by atoms with Crippen molar-refractivity contribution < 1.29 is 4.74 Å². The minimum Gasteiger partial charge on any atom is -0.495 e. The predicted octanol–water partition coefficient (Wildman–Crippen LogP) is 4.92. The summed E-state index contributed by atoms with van der Waals surface area (Å²) in [5.74, 6) is 0.628. The second kappa shape index (κ2) is 6.27. The molecule has 2 aromatic rings. The average Bonchev–Trinajstić information content (AvgIpc) is 2.37. The number of methoxy groups -OCH3 is 1. The van der Waals surface area contributed by atoms with Gasteiger partial charge in [0, 0.05) is 8.95 Å². The lowest BCUT2D eigenvalue weighted by atomic mass is 9.99. The molecule has 0 aliphatic carbocycles. The van der Waals surface area contributed by atoms with E-state index in [1.54, 1.807) is 13.2 Å². The molecule has 19 heavy (non-hydrogen) atoms. The van der Waals surface area contributed by atoms with E-state index in [0.717, 1.165) is 20.1 Å². The Kier molecular flexibility index (Phi) is 4.90. The molecule has 2 aromatic carbocycles. The quantitative estimate of drug-likeness (QED) is 0.787. The number of hydrogen-bond acceptors (Lipinski definition) is 2. The summed E-state index contributed by atoms with van der Waals surface area (Å²) in [5, 5.41) is 0.578. The summed E-state index contributed by atoms with van der Waals surface area (Å²) in [6, 6.07) is 11.3. The Balaban J connectivity index is 2.40. The van der Waals surface area contributed by atoms with E-state index < -0.39 is 0 Å². The van der Waals surface area contributed by atoms with Crippen molar-refractivity contribution in [1.82, 2.24) is 0 Å². The average molecular weight is 406 g/mol. The Morgan fingerprint density at radius 1 is 1.05 bits per heavy atom. The van der Waals surface area contributed by atoms with Gasteiger partial charge in [-0.2, -0.15) is 0 Å². The van der Waals surface area contributed by atoms with Crippen molar-refractivity contribution in [2.24, 2.45) is 5.73 Å². The van der Waals surface area contributed by atoms with E-state index in [9.17, 15) is 0 Å². The van der Waals surface area contributed by atoms with Gasteiger partial charge in [0.25, 0.3) is 0 Å². The highest BCUT2D eigenvalue weighted by Crippen LogP contribution is 2.31. The zero-order valence-electron chi connectivity index (χ0n) is 10.2. The summed E-state index contributed by atoms with van der Waals surface area (Å²) in [4.78, 5) is 0. The monoisotopic (exact) mass is 403 g/mol. The Bertz CT molecular complexity index is 584. The molecular weight excluding hydrogens is 393 g/mol. The van der Waals surface area contributed by atoms with Crippen LogP contribution in [0.4, 0.5) is 0 Å². The summed E-state index contributed by atoms with van der Waals surface area (Å²) in [6.07, 6.45) is 0. The lowest BCUT2D eigenvalue weighted by molar-refractivity contribution is 0.414. The molecule has 0 saturated heterocycles. The van der Waals surface area contributed by atoms with Crippen molar-refractivity contribution >= 4 is 43.5 Å². The van der Waals surface area contributed by atoms with Crippen LogP contribution in [0.3, 0.4) is 0 Å². The topological polar surface area (TPSA) is 35.2 Å². The van der Waals surface area contributed by atoms with Crippen molar-refractivity contribution in [1.29, 1.82) is 0 Å². The van der Waals surface area contributed by atoms with Gasteiger partial charge in [-0.3, -0.25) is 0 Å². The lowest BCUT2D eigenvalue weighted by Gasteiger charge is -2.15. The molecule has 0 saturated carbocycles. The molecule has 100 valence electrons. The fourth-order valence-corrected chi connectivity index (χ4v) is 3.34. The highest BCUT2D eigenvalue weighted by atomic mass is 79.9. The van der Waals surface area contributed by atoms with Crippen LogP contribution in [0.1, 0.15) is 17.2 Å². The Hall–Kier alpha value is -0.550. The summed E-state index contributed by atoms with van der Waals surface area (Å²) in [6.45, 7) is 0. The second-order valence-electron chi connectivity index (χ2n) is 4.07. The van der Waals surface area contributed by atoms with Gasteiger partial charge in [-0.25, -0.2) is 0 Å². The van der Waals surface area contributed by atoms with Gasteiger partial charge in [0.15, 0.2) is 0 Å². The standard InChI is InChI=1S/C14H12Br2ClNO/c1-19-13-6-8(2-3-12(13)17)14(18)9-4-10(15)7-11(16)5-9/h2-7,14H,18H2,1H3. The number of rotatable bonds is 3. The predicted molar refractivity (Wildman–Crippen MR) is 85.9 cm³/mol. The van der Waals surface area contributed by atoms with Crippen LogP contribution in [-0.4, -0.2) is 7.11 Å². The number of benzene rings is 2. The third-order valence-corrected chi connectivity index (χ3v) is 4.01. The molecule has 5 heteroatoms. The Morgan fingerprint density at radius 2 is 1.68 bits per heavy atom. The molecule has 2 rings (SSSR count). The largest absolute Gasteiger partial charge is 0.495 e. The van der Waals surface area contributed by atoms with Gasteiger partial charge in [0.2, 0.25) is 0 Å². The van der Waals surface area contributed by atoms with Crippen molar-refractivity contribution in [2.45, 2.75) is 6.04 Å². The van der Waals surface area contributed by atoms with E-state index >= 15 is 0 Å². The fraction of sp³-hybridized carbons (Fsp3) is 0.143. The van der Waals surface area contributed by atoms with Gasteiger partial charge in [0.05, 0.1) is 18.2 Å². The van der Waals surface area contributed by atoms with Gasteiger partial charge in [0.1, 0.15) is 5.75 Å². The van der Waals surface area contributed by atoms with E-state index in [-0.39, 0.29) is 6.04 Å². The third kappa shape index (κ3) is 3.51. The van der Waals surface area contributed by atoms with E-state index in [2.05, 4.69) is 31.9 Å². The van der Waals surface area contributed by atoms with Crippen LogP contribution in [-0.2, 0) is 0 Å². The highest BCUT2D eigenvalue weighted by Gasteiger charge is 2.12. The highest BCUT2D eigenvalue weighted by molar-refractivity contribution is 9.11. The van der Waals surface area contributed by atoms with Gasteiger partial charge in [-0.1, -0.05) is 49.5 Å². The zero-order valence-corrected chi connectivity index (χ0v) is 14.1. The molecule has 0 bridgehead atoms. The molecule has 2 N–H and O–H groups in total. The molecule has 0 aromatic heterocycles. The smallest absolute Gasteiger partial charge is 0.137 e. The molecule has 1 atom stereocenters. The maximum Gasteiger partial charge on any atom is 0.137 e. The zero-order chi connectivity index (χ0) is 14.0. The summed E-state index contributed by atoms with van der Waals surface area (Å²) >= 11 is 12.9. The molecule has 0 aliphatic rings. The van der Waals surface area contributed by atoms with Gasteiger partial charge >= 0.3 is 0 Å². The molecule has 0 radical (unpaired) electrons. The van der Waals surface area contributed by atoms with Gasteiger partial charge < -0.3 is 10.5 Å². The Morgan fingerprint density at radius 3 is 2.26 bits per heavy atom. The van der Waals surface area contributed by atoms with E-state index in [1.807, 2.05) is 30.3 Å². The third-order valence-electron chi connectivity index (χ3n) is 2.78. The van der Waals surface area contributed by atoms with Crippen LogP contribution in [0.25, 0.3) is 0 Å². The summed E-state index contributed by atoms with van der Waals surface area (Å²) in [5.41, 5.74) is 8.24. The van der Waals surface area contributed by atoms with Crippen LogP contribution in [0.2, 0.25) is 5.02 Å². The first-order chi connectivity index (χ1) is 9.01. The molecule has 2 nitrogen and oxygen atoms in total. The molecule has 0 heterocycles. The number of halogens is 3. The maximum atomic E-state index is 6.29. The first kappa shape index (κ1) is 14.9. The van der Waals surface area contributed by atoms with Crippen molar-refractivity contribution in [3.8, 4) is 5.75 Å². The van der Waals surface area contributed by atoms with Crippen molar-refractivity contribution in [3.63, 3.8) is 0 Å². The molecule has 1 unspecified atom stereocenters. The minimum atomic E-state index is -0.236. The number of hydrogen-bond donors (Lipinski definition) is 1. The van der Waals surface area contributed by atoms with Crippen molar-refractivity contribution in [3.05, 3.63) is 61.5 Å². The van der Waals surface area contributed by atoms with Gasteiger partial charge in [-0.05, 0) is 41.5 Å². The molecular formula is C14H12Br2ClNO. The number of ether oxygens (including phenoxy) is 1. The minimum absolute atomic E-state index is 0.236. The van der Waals surface area contributed by atoms with Crippen LogP contribution in [0.15, 0.2) is 45.3 Å². The fourth-order valence-electron chi connectivity index (χ4n) is 1.82. The summed E-state index contributed by atoms with van der Waals surface area (Å²) in [7, 11) is 1.59. The van der Waals surface area contributed by atoms with Crippen LogP contribution < -0.4 is 10.5 Å². The second-order valence-corrected chi connectivity index (χ2v) is 6.31. The molecule has 0 aliphatic heterocycles. The maximum absolute atomic E-state index is 6.29.